The Morgan fingerprint density at radius 2 is 1.14 bits per heavy atom. The normalized spacial score (nSPS) is 57.8. The van der Waals surface area contributed by atoms with Crippen LogP contribution >= 0.6 is 0 Å². The Hall–Kier alpha value is -0.880. The van der Waals surface area contributed by atoms with E-state index in [4.69, 9.17) is 47.4 Å². The minimum atomic E-state index is -1.98. The van der Waals surface area contributed by atoms with Crippen LogP contribution in [0.1, 0.15) is 91.9 Å². The zero-order valence-corrected chi connectivity index (χ0v) is 41.7. The Kier molecular flexibility index (Phi) is 15.9. The Bertz CT molecular complexity index is 1830. The Morgan fingerprint density at radius 1 is 0.514 bits per heavy atom. The number of aliphatic hydroxyl groups is 12. The molecule has 1 spiro atoms. The van der Waals surface area contributed by atoms with Crippen molar-refractivity contribution in [2.45, 2.75) is 227 Å². The first-order chi connectivity index (χ1) is 34.3. The average molecular weight is 1040 g/mol. The molecule has 22 nitrogen and oxygen atoms in total. The van der Waals surface area contributed by atoms with Crippen molar-refractivity contribution in [1.82, 2.24) is 0 Å². The molecule has 0 radical (unpaired) electrons. The van der Waals surface area contributed by atoms with Crippen molar-refractivity contribution < 1.29 is 109 Å². The predicted octanol–water partition coefficient (Wildman–Crippen LogP) is -2.27. The highest BCUT2D eigenvalue weighted by Gasteiger charge is 2.69. The number of rotatable bonds is 11. The van der Waals surface area contributed by atoms with Crippen LogP contribution in [0, 0.1) is 52.3 Å². The highest BCUT2D eigenvalue weighted by Crippen LogP contribution is 2.71. The standard InChI is InChI=1S/C50H82O22/c1-20-7-12-50(64-18-20)21(2)32-28(72-50)14-26-24-6-5-22-13-23(8-10-48(22,3)25(24)9-11-49(26,32)4)65-45-40(62)37(59)41(31(17-53)68-45)69-47-43(71-44-38(60)33(55)27(54)19-63-44)42(35(57)30(16-52)67-47)70-46-39(61)36(58)34(56)29(15-51)66-46/h20-47,51-62H,5-19H2,1-4H3/t20-,21+,22+,23+,24-,25+,26-,27-,28+,29-,30-,31-,32+,33+,34-,35-,36+,37-,38-,39-,40-,41+,42+,43-,44+,45-,46+,47+,48+,49+,50-/m1/s1. The Morgan fingerprint density at radius 3 is 1.85 bits per heavy atom. The largest absolute Gasteiger partial charge is 0.394 e. The molecule has 0 bridgehead atoms. The van der Waals surface area contributed by atoms with E-state index in [-0.39, 0.29) is 23.0 Å². The van der Waals surface area contributed by atoms with Gasteiger partial charge >= 0.3 is 0 Å². The van der Waals surface area contributed by atoms with E-state index in [9.17, 15) is 61.3 Å². The lowest BCUT2D eigenvalue weighted by atomic mass is 9.44. The van der Waals surface area contributed by atoms with Crippen molar-refractivity contribution in [2.24, 2.45) is 52.3 Å². The topological polar surface area (TPSA) is 335 Å². The number of aliphatic hydroxyl groups excluding tert-OH is 12. The summed E-state index contributed by atoms with van der Waals surface area (Å²) in [6, 6.07) is 0. The third-order valence-electron chi connectivity index (χ3n) is 20.0. The maximum atomic E-state index is 11.8. The summed E-state index contributed by atoms with van der Waals surface area (Å²) in [4.78, 5) is 0. The fraction of sp³-hybridized carbons (Fsp3) is 1.00. The van der Waals surface area contributed by atoms with Crippen molar-refractivity contribution in [2.75, 3.05) is 33.0 Å². The van der Waals surface area contributed by atoms with E-state index in [1.165, 1.54) is 12.8 Å². The number of ether oxygens (including phenoxy) is 10. The fourth-order valence-corrected chi connectivity index (χ4v) is 15.9. The summed E-state index contributed by atoms with van der Waals surface area (Å²) in [6.45, 7) is 7.42. The van der Waals surface area contributed by atoms with Crippen LogP contribution in [0.4, 0.5) is 0 Å². The lowest BCUT2D eigenvalue weighted by molar-refractivity contribution is -0.403. The van der Waals surface area contributed by atoms with Crippen LogP contribution in [0.3, 0.4) is 0 Å². The molecule has 414 valence electrons. The molecule has 4 aliphatic carbocycles. The van der Waals surface area contributed by atoms with E-state index in [1.54, 1.807) is 0 Å². The average Bonchev–Trinajstić information content (AvgIpc) is 3.82. The van der Waals surface area contributed by atoms with Gasteiger partial charge < -0.3 is 109 Å². The molecule has 0 aromatic heterocycles. The molecule has 72 heavy (non-hydrogen) atoms. The molecule has 6 aliphatic heterocycles. The summed E-state index contributed by atoms with van der Waals surface area (Å²) in [5.74, 6) is 3.07. The van der Waals surface area contributed by atoms with Crippen LogP contribution in [-0.4, -0.2) is 229 Å². The van der Waals surface area contributed by atoms with Crippen LogP contribution in [0.5, 0.6) is 0 Å². The molecule has 10 fully saturated rings. The molecule has 12 N–H and O–H groups in total. The van der Waals surface area contributed by atoms with Crippen LogP contribution in [0.2, 0.25) is 0 Å². The van der Waals surface area contributed by atoms with Gasteiger partial charge in [-0.3, -0.25) is 0 Å². The van der Waals surface area contributed by atoms with Crippen LogP contribution in [0.25, 0.3) is 0 Å². The van der Waals surface area contributed by atoms with Crippen LogP contribution in [-0.2, 0) is 47.4 Å². The molecule has 6 heterocycles. The van der Waals surface area contributed by atoms with Gasteiger partial charge in [0.15, 0.2) is 30.9 Å². The third-order valence-corrected chi connectivity index (χ3v) is 20.0. The van der Waals surface area contributed by atoms with Crippen LogP contribution < -0.4 is 0 Å². The van der Waals surface area contributed by atoms with Gasteiger partial charge in [-0.2, -0.15) is 0 Å². The summed E-state index contributed by atoms with van der Waals surface area (Å²) in [6.07, 6.45) is -22.8. The van der Waals surface area contributed by atoms with E-state index in [2.05, 4.69) is 27.7 Å². The minimum Gasteiger partial charge on any atom is -0.394 e. The van der Waals surface area contributed by atoms with Crippen LogP contribution in [0.15, 0.2) is 0 Å². The van der Waals surface area contributed by atoms with Gasteiger partial charge in [0, 0.05) is 12.3 Å². The van der Waals surface area contributed by atoms with Gasteiger partial charge in [-0.15, -0.1) is 0 Å². The minimum absolute atomic E-state index is 0.0931. The molecular formula is C50H82O22. The van der Waals surface area contributed by atoms with Crippen molar-refractivity contribution in [3.05, 3.63) is 0 Å². The molecule has 0 unspecified atom stereocenters. The van der Waals surface area contributed by atoms with Crippen molar-refractivity contribution >= 4 is 0 Å². The Labute approximate surface area is 419 Å². The van der Waals surface area contributed by atoms with Gasteiger partial charge in [0.1, 0.15) is 91.6 Å². The first-order valence-corrected chi connectivity index (χ1v) is 26.7. The van der Waals surface area contributed by atoms with Gasteiger partial charge in [0.05, 0.1) is 45.2 Å². The van der Waals surface area contributed by atoms with E-state index in [0.29, 0.717) is 47.8 Å². The van der Waals surface area contributed by atoms with Crippen molar-refractivity contribution in [3.8, 4) is 0 Å². The molecule has 31 atom stereocenters. The third kappa shape index (κ3) is 9.26. The quantitative estimate of drug-likeness (QED) is 0.0971. The first kappa shape index (κ1) is 54.5. The molecule has 0 aromatic carbocycles. The molecular weight excluding hydrogens is 953 g/mol. The SMILES string of the molecule is C[C@@H]1CC[C@@]2(OC1)O[C@H]1C[C@@H]3[C@@H]4CC[C@H]5C[C@@H](O[C@@H]6O[C@H](CO)[C@H](O[C@@H]7O[C@H](CO)[C@@H](O)[C@H](O[C@@H]8O[C@H](CO)[C@@H](O)[C@H](O)[C@H]8O)[C@H]7O[C@@H]7OC[C@@H](O)[C@H](O)[C@H]7O)[C@H](O)[C@H]6O)CC[C@]5(C)[C@H]4CC[C@]3(C)[C@H]1[C@@H]2C. The second kappa shape index (κ2) is 21.1. The highest BCUT2D eigenvalue weighted by atomic mass is 16.8. The maximum absolute atomic E-state index is 11.8. The summed E-state index contributed by atoms with van der Waals surface area (Å²) < 4.78 is 61.4. The molecule has 10 aliphatic rings. The second-order valence-electron chi connectivity index (χ2n) is 23.9. The van der Waals surface area contributed by atoms with Gasteiger partial charge in [0.25, 0.3) is 0 Å². The number of fused-ring (bicyclic) bond motifs is 7. The van der Waals surface area contributed by atoms with Crippen molar-refractivity contribution in [1.29, 1.82) is 0 Å². The second-order valence-corrected chi connectivity index (χ2v) is 23.9. The smallest absolute Gasteiger partial charge is 0.187 e. The van der Waals surface area contributed by atoms with Gasteiger partial charge in [0.2, 0.25) is 0 Å². The fourth-order valence-electron chi connectivity index (χ4n) is 15.9. The lowest BCUT2D eigenvalue weighted by Gasteiger charge is -2.61. The lowest BCUT2D eigenvalue weighted by Crippen LogP contribution is -2.68. The molecule has 0 amide bonds. The van der Waals surface area contributed by atoms with E-state index in [0.717, 1.165) is 51.6 Å². The summed E-state index contributed by atoms with van der Waals surface area (Å²) in [5, 5.41) is 129. The summed E-state index contributed by atoms with van der Waals surface area (Å²) >= 11 is 0. The maximum Gasteiger partial charge on any atom is 0.187 e. The molecule has 10 rings (SSSR count). The number of hydrogen-bond acceptors (Lipinski definition) is 22. The zero-order valence-electron chi connectivity index (χ0n) is 41.7. The summed E-state index contributed by atoms with van der Waals surface area (Å²) in [7, 11) is 0. The van der Waals surface area contributed by atoms with Gasteiger partial charge in [-0.25, -0.2) is 0 Å². The van der Waals surface area contributed by atoms with E-state index in [1.807, 2.05) is 0 Å². The predicted molar refractivity (Wildman–Crippen MR) is 242 cm³/mol. The molecule has 0 aromatic rings. The van der Waals surface area contributed by atoms with Crippen molar-refractivity contribution in [3.63, 3.8) is 0 Å². The first-order valence-electron chi connectivity index (χ1n) is 26.7. The van der Waals surface area contributed by atoms with Gasteiger partial charge in [-0.05, 0) is 104 Å². The Balaban J connectivity index is 0.810. The van der Waals surface area contributed by atoms with E-state index < -0.39 is 149 Å². The number of hydrogen-bond donors (Lipinski definition) is 12. The molecule has 4 saturated carbocycles. The summed E-state index contributed by atoms with van der Waals surface area (Å²) in [5.41, 5.74) is 0.295. The molecule has 22 heteroatoms. The van der Waals surface area contributed by atoms with Gasteiger partial charge in [-0.1, -0.05) is 27.7 Å². The van der Waals surface area contributed by atoms with E-state index >= 15 is 0 Å². The zero-order chi connectivity index (χ0) is 51.3. The monoisotopic (exact) mass is 1030 g/mol. The highest BCUT2D eigenvalue weighted by molar-refractivity contribution is 5.15. The molecule has 6 saturated heterocycles.